The first-order chi connectivity index (χ1) is 9.39. The van der Waals surface area contributed by atoms with E-state index >= 15 is 0 Å². The largest absolute Gasteiger partial charge is 0.493 e. The van der Waals surface area contributed by atoms with Crippen molar-refractivity contribution in [3.8, 4) is 11.5 Å². The molecule has 1 N–H and O–H groups in total. The van der Waals surface area contributed by atoms with Gasteiger partial charge in [-0.1, -0.05) is 6.92 Å². The summed E-state index contributed by atoms with van der Waals surface area (Å²) in [6.45, 7) is 2.38. The van der Waals surface area contributed by atoms with Crippen LogP contribution in [0.5, 0.6) is 11.5 Å². The fourth-order valence-electron chi connectivity index (χ4n) is 2.02. The van der Waals surface area contributed by atoms with Crippen LogP contribution in [0.25, 0.3) is 0 Å². The number of hydrogen-bond donors (Lipinski definition) is 1. The maximum atomic E-state index is 13.9. The van der Waals surface area contributed by atoms with Gasteiger partial charge in [0.15, 0.2) is 11.5 Å². The minimum absolute atomic E-state index is 0.153. The Morgan fingerprint density at radius 2 is 1.85 bits per heavy atom. The first-order valence-corrected chi connectivity index (χ1v) is 7.78. The highest BCUT2D eigenvalue weighted by Crippen LogP contribution is 2.37. The molecular formula is C13H18FNO4S. The molecule has 0 radical (unpaired) electrons. The van der Waals surface area contributed by atoms with Crippen LogP contribution >= 0.6 is 0 Å². The van der Waals surface area contributed by atoms with E-state index in [9.17, 15) is 12.8 Å². The summed E-state index contributed by atoms with van der Waals surface area (Å²) in [5, 5.41) is 0. The minimum atomic E-state index is -3.89. The van der Waals surface area contributed by atoms with Crippen molar-refractivity contribution in [3.05, 3.63) is 17.9 Å². The van der Waals surface area contributed by atoms with Crippen molar-refractivity contribution in [1.29, 1.82) is 0 Å². The predicted octanol–water partition coefficient (Wildman–Crippen LogP) is 1.78. The molecule has 2 rings (SSSR count). The van der Waals surface area contributed by atoms with Crippen molar-refractivity contribution in [3.63, 3.8) is 0 Å². The Labute approximate surface area is 118 Å². The van der Waals surface area contributed by atoms with E-state index in [0.717, 1.165) is 18.6 Å². The molecule has 1 fully saturated rings. The molecule has 0 spiro atoms. The van der Waals surface area contributed by atoms with Crippen LogP contribution < -0.4 is 14.2 Å². The van der Waals surface area contributed by atoms with Gasteiger partial charge in [-0.2, -0.15) is 0 Å². The van der Waals surface area contributed by atoms with Crippen LogP contribution in [0.3, 0.4) is 0 Å². The molecule has 0 amide bonds. The Morgan fingerprint density at radius 3 is 2.35 bits per heavy atom. The van der Waals surface area contributed by atoms with Gasteiger partial charge in [0.2, 0.25) is 10.0 Å². The first kappa shape index (κ1) is 15.1. The lowest BCUT2D eigenvalue weighted by atomic mass is 10.3. The highest BCUT2D eigenvalue weighted by Gasteiger charge is 2.34. The zero-order chi connectivity index (χ0) is 14.9. The average Bonchev–Trinajstić information content (AvgIpc) is 3.12. The van der Waals surface area contributed by atoms with E-state index in [4.69, 9.17) is 9.47 Å². The molecule has 0 bridgehead atoms. The minimum Gasteiger partial charge on any atom is -0.493 e. The molecule has 5 nitrogen and oxygen atoms in total. The Kier molecular flexibility index (Phi) is 4.19. The van der Waals surface area contributed by atoms with Gasteiger partial charge in [-0.15, -0.1) is 0 Å². The highest BCUT2D eigenvalue weighted by atomic mass is 32.2. The Morgan fingerprint density at radius 1 is 1.30 bits per heavy atom. The molecule has 1 aromatic rings. The number of halogens is 1. The zero-order valence-electron chi connectivity index (χ0n) is 11.6. The van der Waals surface area contributed by atoms with E-state index in [-0.39, 0.29) is 11.5 Å². The number of sulfonamides is 1. The van der Waals surface area contributed by atoms with Crippen molar-refractivity contribution in [2.45, 2.75) is 18.2 Å². The third-order valence-corrected chi connectivity index (χ3v) is 4.98. The molecule has 1 saturated carbocycles. The van der Waals surface area contributed by atoms with Crippen molar-refractivity contribution >= 4 is 10.0 Å². The van der Waals surface area contributed by atoms with Crippen LogP contribution in [0.2, 0.25) is 0 Å². The van der Waals surface area contributed by atoms with E-state index in [0.29, 0.717) is 18.4 Å². The smallest absolute Gasteiger partial charge is 0.243 e. The predicted molar refractivity (Wildman–Crippen MR) is 72.0 cm³/mol. The number of benzene rings is 1. The molecular weight excluding hydrogens is 285 g/mol. The van der Waals surface area contributed by atoms with Gasteiger partial charge in [-0.25, -0.2) is 17.5 Å². The van der Waals surface area contributed by atoms with Crippen LogP contribution in [-0.4, -0.2) is 29.2 Å². The second kappa shape index (κ2) is 5.57. The molecule has 1 aliphatic rings. The molecule has 1 aliphatic carbocycles. The van der Waals surface area contributed by atoms with E-state index in [1.165, 1.54) is 14.2 Å². The third-order valence-electron chi connectivity index (χ3n) is 3.54. The number of hydrogen-bond acceptors (Lipinski definition) is 4. The van der Waals surface area contributed by atoms with Gasteiger partial charge in [0.05, 0.1) is 14.2 Å². The zero-order valence-corrected chi connectivity index (χ0v) is 12.5. The molecule has 7 heteroatoms. The van der Waals surface area contributed by atoms with E-state index in [2.05, 4.69) is 11.6 Å². The summed E-state index contributed by atoms with van der Waals surface area (Å²) < 4.78 is 50.5. The van der Waals surface area contributed by atoms with Crippen LogP contribution in [0.1, 0.15) is 13.3 Å². The average molecular weight is 303 g/mol. The van der Waals surface area contributed by atoms with Crippen LogP contribution in [0, 0.1) is 17.7 Å². The second-order valence-electron chi connectivity index (χ2n) is 4.96. The number of nitrogens with one attached hydrogen (secondary N) is 1. The lowest BCUT2D eigenvalue weighted by Gasteiger charge is -2.12. The first-order valence-electron chi connectivity index (χ1n) is 6.30. The molecule has 20 heavy (non-hydrogen) atoms. The summed E-state index contributed by atoms with van der Waals surface area (Å²) >= 11 is 0. The molecule has 0 saturated heterocycles. The number of ether oxygens (including phenoxy) is 2. The monoisotopic (exact) mass is 303 g/mol. The third kappa shape index (κ3) is 3.04. The van der Waals surface area contributed by atoms with Crippen molar-refractivity contribution < 1.29 is 22.3 Å². The van der Waals surface area contributed by atoms with Gasteiger partial charge in [0.25, 0.3) is 0 Å². The fraction of sp³-hybridized carbons (Fsp3) is 0.538. The van der Waals surface area contributed by atoms with Crippen LogP contribution in [0.15, 0.2) is 17.0 Å². The summed E-state index contributed by atoms with van der Waals surface area (Å²) in [6, 6.07) is 2.14. The second-order valence-corrected chi connectivity index (χ2v) is 6.70. The quantitative estimate of drug-likeness (QED) is 0.870. The van der Waals surface area contributed by atoms with E-state index in [1.54, 1.807) is 0 Å². The molecule has 0 aliphatic heterocycles. The SMILES string of the molecule is COc1cc(F)c(S(=O)(=O)NCC2CC2C)cc1OC. The molecule has 2 atom stereocenters. The molecule has 1 aromatic carbocycles. The van der Waals surface area contributed by atoms with Gasteiger partial charge >= 0.3 is 0 Å². The van der Waals surface area contributed by atoms with Gasteiger partial charge in [0.1, 0.15) is 10.7 Å². The maximum absolute atomic E-state index is 13.9. The Hall–Kier alpha value is -1.34. The molecule has 2 unspecified atom stereocenters. The molecule has 112 valence electrons. The number of rotatable bonds is 6. The fourth-order valence-corrected chi connectivity index (χ4v) is 3.19. The lowest BCUT2D eigenvalue weighted by molar-refractivity contribution is 0.350. The van der Waals surface area contributed by atoms with Crippen molar-refractivity contribution in [2.24, 2.45) is 11.8 Å². The van der Waals surface area contributed by atoms with Gasteiger partial charge in [-0.3, -0.25) is 0 Å². The Balaban J connectivity index is 2.25. The summed E-state index contributed by atoms with van der Waals surface area (Å²) in [5.41, 5.74) is 0. The summed E-state index contributed by atoms with van der Waals surface area (Å²) in [6.07, 6.45) is 0.997. The normalized spacial score (nSPS) is 21.6. The standard InChI is InChI=1S/C13H18FNO4S/c1-8-4-9(8)7-15-20(16,17)13-6-12(19-3)11(18-2)5-10(13)14/h5-6,8-9,15H,4,7H2,1-3H3. The number of methoxy groups -OCH3 is 2. The van der Waals surface area contributed by atoms with Crippen molar-refractivity contribution in [2.75, 3.05) is 20.8 Å². The van der Waals surface area contributed by atoms with E-state index < -0.39 is 20.7 Å². The topological polar surface area (TPSA) is 64.6 Å². The van der Waals surface area contributed by atoms with E-state index in [1.807, 2.05) is 0 Å². The molecule has 0 heterocycles. The van der Waals surface area contributed by atoms with Crippen LogP contribution in [-0.2, 0) is 10.0 Å². The maximum Gasteiger partial charge on any atom is 0.243 e. The molecule has 0 aromatic heterocycles. The van der Waals surface area contributed by atoms with Crippen molar-refractivity contribution in [1.82, 2.24) is 4.72 Å². The summed E-state index contributed by atoms with van der Waals surface area (Å²) in [4.78, 5) is -0.427. The van der Waals surface area contributed by atoms with Gasteiger partial charge < -0.3 is 9.47 Å². The highest BCUT2D eigenvalue weighted by molar-refractivity contribution is 7.89. The summed E-state index contributed by atoms with van der Waals surface area (Å²) in [5.74, 6) is 0.328. The van der Waals surface area contributed by atoms with Gasteiger partial charge in [-0.05, 0) is 18.3 Å². The Bertz CT molecular complexity index is 603. The lowest BCUT2D eigenvalue weighted by Crippen LogP contribution is -2.27. The van der Waals surface area contributed by atoms with Crippen LogP contribution in [0.4, 0.5) is 4.39 Å². The van der Waals surface area contributed by atoms with Gasteiger partial charge in [0, 0.05) is 18.7 Å². The summed E-state index contributed by atoms with van der Waals surface area (Å²) in [7, 11) is -1.16.